The maximum absolute atomic E-state index is 13.7. The minimum atomic E-state index is -0.597. The Balaban J connectivity index is 1.32. The van der Waals surface area contributed by atoms with Gasteiger partial charge in [-0.15, -0.1) is 23.1 Å². The van der Waals surface area contributed by atoms with E-state index in [-0.39, 0.29) is 17.4 Å². The zero-order chi connectivity index (χ0) is 37.9. The smallest absolute Gasteiger partial charge is 0.341 e. The van der Waals surface area contributed by atoms with E-state index in [1.165, 1.54) is 57.6 Å². The van der Waals surface area contributed by atoms with E-state index >= 15 is 0 Å². The first kappa shape index (κ1) is 38.2. The Morgan fingerprint density at radius 2 is 1.49 bits per heavy atom. The highest BCUT2D eigenvalue weighted by molar-refractivity contribution is 8.00. The molecule has 0 radical (unpaired) electrons. The Morgan fingerprint density at radius 1 is 0.792 bits per heavy atom. The van der Waals surface area contributed by atoms with Crippen molar-refractivity contribution < 1.29 is 38.1 Å². The number of carbonyl (C=O) groups is 4. The predicted molar refractivity (Wildman–Crippen MR) is 208 cm³/mol. The molecule has 0 aliphatic carbocycles. The molecule has 3 N–H and O–H groups in total. The van der Waals surface area contributed by atoms with Gasteiger partial charge in [0.2, 0.25) is 11.7 Å². The lowest BCUT2D eigenvalue weighted by Gasteiger charge is -2.15. The number of benzene rings is 4. The first-order chi connectivity index (χ1) is 25.6. The van der Waals surface area contributed by atoms with Crippen molar-refractivity contribution >= 4 is 63.6 Å². The van der Waals surface area contributed by atoms with E-state index in [9.17, 15) is 19.2 Å². The molecule has 13 heteroatoms. The molecule has 0 unspecified atom stereocenters. The van der Waals surface area contributed by atoms with Crippen LogP contribution < -0.4 is 30.2 Å². The summed E-state index contributed by atoms with van der Waals surface area (Å²) in [5.74, 6) is -0.822. The van der Waals surface area contributed by atoms with E-state index in [0.717, 1.165) is 11.1 Å². The highest BCUT2D eigenvalue weighted by Gasteiger charge is 2.23. The van der Waals surface area contributed by atoms with Gasteiger partial charge in [-0.3, -0.25) is 14.4 Å². The number of anilines is 2. The second-order valence-electron chi connectivity index (χ2n) is 11.4. The summed E-state index contributed by atoms with van der Waals surface area (Å²) in [6, 6.07) is 26.5. The lowest BCUT2D eigenvalue weighted by atomic mass is 10.0. The summed E-state index contributed by atoms with van der Waals surface area (Å²) in [4.78, 5) is 53.5. The highest BCUT2D eigenvalue weighted by atomic mass is 32.2. The van der Waals surface area contributed by atoms with Crippen LogP contribution in [-0.2, 0) is 14.3 Å². The van der Waals surface area contributed by atoms with Crippen molar-refractivity contribution in [2.24, 2.45) is 0 Å². The number of methoxy groups -OCH3 is 4. The first-order valence-electron chi connectivity index (χ1n) is 16.1. The van der Waals surface area contributed by atoms with Crippen molar-refractivity contribution in [3.05, 3.63) is 124 Å². The average Bonchev–Trinajstić information content (AvgIpc) is 3.59. The normalized spacial score (nSPS) is 10.9. The SMILES string of the molecule is COC(=O)c1c(-c2ccc(C)cc2)csc1NC(=O)CSc1cccc(NC(=O)/C(=C\c2cc(OC)c(OC)c(OC)c2)NC(=O)c2ccccc2)c1. The third-order valence-electron chi connectivity index (χ3n) is 7.78. The Bertz CT molecular complexity index is 2120. The lowest BCUT2D eigenvalue weighted by molar-refractivity contribution is -0.114. The molecular weight excluding hydrogens is 715 g/mol. The van der Waals surface area contributed by atoms with Crippen molar-refractivity contribution in [1.29, 1.82) is 0 Å². The quantitative estimate of drug-likeness (QED) is 0.0592. The second-order valence-corrected chi connectivity index (χ2v) is 13.3. The van der Waals surface area contributed by atoms with Gasteiger partial charge in [0.25, 0.3) is 11.8 Å². The van der Waals surface area contributed by atoms with Crippen molar-refractivity contribution in [3.8, 4) is 28.4 Å². The molecule has 0 saturated heterocycles. The number of hydrogen-bond donors (Lipinski definition) is 3. The molecule has 0 fully saturated rings. The average molecular weight is 752 g/mol. The van der Waals surface area contributed by atoms with Crippen LogP contribution in [0.2, 0.25) is 0 Å². The summed E-state index contributed by atoms with van der Waals surface area (Å²) in [5, 5.41) is 10.6. The Hall–Kier alpha value is -6.05. The zero-order valence-electron chi connectivity index (χ0n) is 29.6. The molecule has 4 aromatic carbocycles. The number of aryl methyl sites for hydroxylation is 1. The molecule has 0 saturated carbocycles. The fourth-order valence-corrected chi connectivity index (χ4v) is 6.90. The standard InChI is InChI=1S/C40H37N3O8S2/c1-24-14-16-26(17-15-24)30-22-53-39(35(30)40(47)51-5)43-34(44)23-52-29-13-9-12-28(21-29)41-38(46)31(42-37(45)27-10-7-6-8-11-27)18-25-19-32(48-2)36(50-4)33(20-25)49-3/h6-22H,23H2,1-5H3,(H,41,46)(H,42,45)(H,43,44)/b31-18+. The highest BCUT2D eigenvalue weighted by Crippen LogP contribution is 2.39. The summed E-state index contributed by atoms with van der Waals surface area (Å²) in [6.45, 7) is 1.98. The van der Waals surface area contributed by atoms with E-state index in [0.29, 0.717) is 55.1 Å². The predicted octanol–water partition coefficient (Wildman–Crippen LogP) is 7.68. The van der Waals surface area contributed by atoms with E-state index < -0.39 is 17.8 Å². The molecule has 5 rings (SSSR count). The van der Waals surface area contributed by atoms with Crippen LogP contribution in [0, 0.1) is 6.92 Å². The third-order valence-corrected chi connectivity index (χ3v) is 9.67. The molecule has 53 heavy (non-hydrogen) atoms. The van der Waals surface area contributed by atoms with Crippen molar-refractivity contribution in [3.63, 3.8) is 0 Å². The van der Waals surface area contributed by atoms with Gasteiger partial charge < -0.3 is 34.9 Å². The number of ether oxygens (including phenoxy) is 4. The Labute approximate surface area is 315 Å². The van der Waals surface area contributed by atoms with E-state index in [1.54, 1.807) is 66.7 Å². The minimum absolute atomic E-state index is 0.0230. The molecule has 0 atom stereocenters. The number of thiophene rings is 1. The lowest BCUT2D eigenvalue weighted by Crippen LogP contribution is -2.30. The molecule has 0 aliphatic rings. The van der Waals surface area contributed by atoms with Gasteiger partial charge in [0.05, 0.1) is 34.2 Å². The van der Waals surface area contributed by atoms with Crippen molar-refractivity contribution in [1.82, 2.24) is 5.32 Å². The topological polar surface area (TPSA) is 141 Å². The van der Waals surface area contributed by atoms with E-state index in [4.69, 9.17) is 18.9 Å². The summed E-state index contributed by atoms with van der Waals surface area (Å²) in [7, 11) is 5.75. The Morgan fingerprint density at radius 3 is 2.13 bits per heavy atom. The molecule has 1 heterocycles. The van der Waals surface area contributed by atoms with Gasteiger partial charge in [0.15, 0.2) is 11.5 Å². The van der Waals surface area contributed by atoms with Crippen LogP contribution in [0.15, 0.2) is 107 Å². The summed E-state index contributed by atoms with van der Waals surface area (Å²) < 4.78 is 21.4. The fourth-order valence-electron chi connectivity index (χ4n) is 5.17. The number of hydrogen-bond acceptors (Lipinski definition) is 10. The zero-order valence-corrected chi connectivity index (χ0v) is 31.2. The monoisotopic (exact) mass is 751 g/mol. The first-order valence-corrected chi connectivity index (χ1v) is 18.0. The van der Waals surface area contributed by atoms with Gasteiger partial charge in [-0.2, -0.15) is 0 Å². The largest absolute Gasteiger partial charge is 0.493 e. The summed E-state index contributed by atoms with van der Waals surface area (Å²) in [6.07, 6.45) is 1.50. The van der Waals surface area contributed by atoms with Crippen LogP contribution in [0.1, 0.15) is 31.8 Å². The van der Waals surface area contributed by atoms with Crippen LogP contribution in [0.4, 0.5) is 10.7 Å². The van der Waals surface area contributed by atoms with Gasteiger partial charge >= 0.3 is 5.97 Å². The minimum Gasteiger partial charge on any atom is -0.493 e. The molecule has 11 nitrogen and oxygen atoms in total. The maximum Gasteiger partial charge on any atom is 0.341 e. The van der Waals surface area contributed by atoms with E-state index in [2.05, 4.69) is 16.0 Å². The number of nitrogens with one attached hydrogen (secondary N) is 3. The van der Waals surface area contributed by atoms with Gasteiger partial charge in [-0.1, -0.05) is 54.1 Å². The van der Waals surface area contributed by atoms with Gasteiger partial charge in [0, 0.05) is 27.1 Å². The van der Waals surface area contributed by atoms with E-state index in [1.807, 2.05) is 36.6 Å². The molecular formula is C40H37N3O8S2. The number of rotatable bonds is 14. The van der Waals surface area contributed by atoms with Crippen molar-refractivity contribution in [2.75, 3.05) is 44.8 Å². The van der Waals surface area contributed by atoms with Gasteiger partial charge in [-0.05, 0) is 66.6 Å². The van der Waals surface area contributed by atoms with Gasteiger partial charge in [0.1, 0.15) is 16.3 Å². The molecule has 1 aromatic heterocycles. The van der Waals surface area contributed by atoms with Crippen LogP contribution in [-0.4, -0.2) is 57.9 Å². The van der Waals surface area contributed by atoms with Gasteiger partial charge in [-0.25, -0.2) is 4.79 Å². The van der Waals surface area contributed by atoms with Crippen LogP contribution >= 0.6 is 23.1 Å². The molecule has 0 bridgehead atoms. The maximum atomic E-state index is 13.7. The molecule has 0 aliphatic heterocycles. The summed E-state index contributed by atoms with van der Waals surface area (Å²) in [5.41, 5.74) is 4.13. The molecule has 5 aromatic rings. The fraction of sp³-hybridized carbons (Fsp3) is 0.150. The number of carbonyl (C=O) groups excluding carboxylic acids is 4. The molecule has 0 spiro atoms. The Kier molecular flexibility index (Phi) is 12.9. The van der Waals surface area contributed by atoms with Crippen LogP contribution in [0.3, 0.4) is 0 Å². The van der Waals surface area contributed by atoms with Crippen LogP contribution in [0.5, 0.6) is 17.2 Å². The number of esters is 1. The number of thioether (sulfide) groups is 1. The van der Waals surface area contributed by atoms with Crippen LogP contribution in [0.25, 0.3) is 17.2 Å². The third kappa shape index (κ3) is 9.64. The second kappa shape index (κ2) is 17.9. The molecule has 272 valence electrons. The molecule has 3 amide bonds. The number of amides is 3. The van der Waals surface area contributed by atoms with Crippen molar-refractivity contribution in [2.45, 2.75) is 11.8 Å². The summed E-state index contributed by atoms with van der Waals surface area (Å²) >= 11 is 2.49.